The van der Waals surface area contributed by atoms with E-state index in [-0.39, 0.29) is 12.3 Å². The number of benzene rings is 1. The van der Waals surface area contributed by atoms with Gasteiger partial charge in [-0.3, -0.25) is 4.79 Å². The Hall–Kier alpha value is -2.47. The number of nitrogens with zero attached hydrogens (tertiary/aromatic N) is 2. The van der Waals surface area contributed by atoms with Gasteiger partial charge >= 0.3 is 0 Å². The van der Waals surface area contributed by atoms with E-state index < -0.39 is 0 Å². The second kappa shape index (κ2) is 6.20. The van der Waals surface area contributed by atoms with Gasteiger partial charge in [0, 0.05) is 16.9 Å². The fourth-order valence-electron chi connectivity index (χ4n) is 2.52. The maximum atomic E-state index is 12.2. The Balaban J connectivity index is 1.44. The van der Waals surface area contributed by atoms with Crippen LogP contribution in [0.25, 0.3) is 11.5 Å². The van der Waals surface area contributed by atoms with Gasteiger partial charge in [0.2, 0.25) is 11.8 Å². The van der Waals surface area contributed by atoms with Crippen molar-refractivity contribution in [2.45, 2.75) is 32.1 Å². The fraction of sp³-hybridized carbons (Fsp3) is 0.278. The Labute approximate surface area is 143 Å². The lowest BCUT2D eigenvalue weighted by molar-refractivity contribution is -0.115. The Morgan fingerprint density at radius 1 is 1.29 bits per heavy atom. The van der Waals surface area contributed by atoms with Crippen LogP contribution in [0.5, 0.6) is 0 Å². The first kappa shape index (κ1) is 15.1. The van der Waals surface area contributed by atoms with Crippen molar-refractivity contribution in [2.24, 2.45) is 0 Å². The van der Waals surface area contributed by atoms with Crippen LogP contribution in [0.3, 0.4) is 0 Å². The Kier molecular flexibility index (Phi) is 3.90. The molecular formula is C18H17N3O2S. The molecule has 0 atom stereocenters. The van der Waals surface area contributed by atoms with Crippen LogP contribution >= 0.6 is 11.3 Å². The summed E-state index contributed by atoms with van der Waals surface area (Å²) in [6.45, 7) is 1.83. The predicted molar refractivity (Wildman–Crippen MR) is 93.1 cm³/mol. The summed E-state index contributed by atoms with van der Waals surface area (Å²) in [7, 11) is 0. The van der Waals surface area contributed by atoms with Gasteiger partial charge in [-0.15, -0.1) is 11.3 Å². The van der Waals surface area contributed by atoms with Crippen molar-refractivity contribution in [2.75, 3.05) is 5.32 Å². The highest BCUT2D eigenvalue weighted by Gasteiger charge is 2.26. The molecule has 1 aliphatic rings. The van der Waals surface area contributed by atoms with Crippen LogP contribution in [0.4, 0.5) is 5.13 Å². The van der Waals surface area contributed by atoms with Crippen molar-refractivity contribution in [3.05, 3.63) is 52.9 Å². The minimum Gasteiger partial charge on any atom is -0.441 e. The molecule has 4 rings (SSSR count). The Morgan fingerprint density at radius 2 is 2.08 bits per heavy atom. The Bertz CT molecular complexity index is 866. The van der Waals surface area contributed by atoms with Crippen LogP contribution in [-0.2, 0) is 11.2 Å². The van der Waals surface area contributed by atoms with Crippen LogP contribution in [0.15, 0.2) is 40.1 Å². The molecule has 0 spiro atoms. The van der Waals surface area contributed by atoms with Crippen molar-refractivity contribution in [3.8, 4) is 11.5 Å². The number of aryl methyl sites for hydroxylation is 1. The van der Waals surface area contributed by atoms with Gasteiger partial charge in [0.15, 0.2) is 5.13 Å². The van der Waals surface area contributed by atoms with Gasteiger partial charge in [0.1, 0.15) is 5.76 Å². The van der Waals surface area contributed by atoms with Crippen LogP contribution < -0.4 is 5.32 Å². The number of hydrogen-bond donors (Lipinski definition) is 1. The highest BCUT2D eigenvalue weighted by molar-refractivity contribution is 7.13. The van der Waals surface area contributed by atoms with E-state index in [0.717, 1.165) is 11.3 Å². The minimum atomic E-state index is -0.122. The summed E-state index contributed by atoms with van der Waals surface area (Å²) in [5.74, 6) is 1.68. The van der Waals surface area contributed by atoms with Crippen LogP contribution in [0.2, 0.25) is 0 Å². The summed E-state index contributed by atoms with van der Waals surface area (Å²) < 4.78 is 5.69. The van der Waals surface area contributed by atoms with E-state index >= 15 is 0 Å². The lowest BCUT2D eigenvalue weighted by Gasteiger charge is -1.99. The third kappa shape index (κ3) is 3.23. The number of rotatable bonds is 5. The van der Waals surface area contributed by atoms with E-state index in [2.05, 4.69) is 15.3 Å². The third-order valence-electron chi connectivity index (χ3n) is 4.01. The third-order valence-corrected chi connectivity index (χ3v) is 4.78. The van der Waals surface area contributed by atoms with Gasteiger partial charge in [-0.25, -0.2) is 9.97 Å². The molecule has 1 amide bonds. The van der Waals surface area contributed by atoms with Gasteiger partial charge in [-0.05, 0) is 31.9 Å². The smallest absolute Gasteiger partial charge is 0.232 e. The number of carbonyl (C=O) groups excluding carboxylic acids is 1. The van der Waals surface area contributed by atoms with E-state index in [0.29, 0.717) is 28.4 Å². The summed E-state index contributed by atoms with van der Waals surface area (Å²) in [6, 6.07) is 9.67. The topological polar surface area (TPSA) is 68.0 Å². The molecule has 1 saturated carbocycles. The van der Waals surface area contributed by atoms with E-state index in [1.807, 2.05) is 42.6 Å². The second-order valence-electron chi connectivity index (χ2n) is 5.96. The number of amides is 1. The first-order valence-corrected chi connectivity index (χ1v) is 8.84. The molecule has 5 nitrogen and oxygen atoms in total. The maximum Gasteiger partial charge on any atom is 0.232 e. The molecule has 0 unspecified atom stereocenters. The van der Waals surface area contributed by atoms with E-state index in [4.69, 9.17) is 4.42 Å². The summed E-state index contributed by atoms with van der Waals surface area (Å²) >= 11 is 1.48. The van der Waals surface area contributed by atoms with Gasteiger partial charge in [0.25, 0.3) is 0 Å². The number of anilines is 1. The summed E-state index contributed by atoms with van der Waals surface area (Å²) in [4.78, 5) is 21.2. The zero-order chi connectivity index (χ0) is 16.5. The molecule has 1 aromatic carbocycles. The van der Waals surface area contributed by atoms with Gasteiger partial charge in [0.05, 0.1) is 17.8 Å². The van der Waals surface area contributed by atoms with Crippen LogP contribution in [-0.4, -0.2) is 15.9 Å². The number of nitrogens with one attached hydrogen (secondary N) is 1. The Morgan fingerprint density at radius 3 is 2.83 bits per heavy atom. The maximum absolute atomic E-state index is 12.2. The summed E-state index contributed by atoms with van der Waals surface area (Å²) in [5.41, 5.74) is 2.66. The molecule has 122 valence electrons. The molecule has 0 radical (unpaired) electrons. The van der Waals surface area contributed by atoms with Crippen LogP contribution in [0, 0.1) is 6.92 Å². The zero-order valence-corrected chi connectivity index (χ0v) is 14.1. The van der Waals surface area contributed by atoms with E-state index in [1.54, 1.807) is 0 Å². The number of hydrogen-bond acceptors (Lipinski definition) is 5. The van der Waals surface area contributed by atoms with Gasteiger partial charge < -0.3 is 9.73 Å². The van der Waals surface area contributed by atoms with Gasteiger partial charge in [-0.1, -0.05) is 18.2 Å². The molecule has 3 aromatic rings. The monoisotopic (exact) mass is 339 g/mol. The fourth-order valence-corrected chi connectivity index (χ4v) is 3.33. The molecule has 1 N–H and O–H groups in total. The van der Waals surface area contributed by atoms with Gasteiger partial charge in [-0.2, -0.15) is 0 Å². The molecule has 0 aliphatic heterocycles. The number of thiazole rings is 1. The standard InChI is InChI=1S/C18H17N3O2S/c1-11-14(19-17(23-11)13-5-3-2-4-6-13)9-16(22)21-18-20-15(10-24-18)12-7-8-12/h2-6,10,12H,7-9H2,1H3,(H,20,21,22). The SMILES string of the molecule is Cc1oc(-c2ccccc2)nc1CC(=O)Nc1nc(C2CC2)cs1. The molecule has 2 aromatic heterocycles. The zero-order valence-electron chi connectivity index (χ0n) is 13.3. The minimum absolute atomic E-state index is 0.122. The summed E-state index contributed by atoms with van der Waals surface area (Å²) in [5, 5.41) is 5.55. The first-order chi connectivity index (χ1) is 11.7. The molecule has 1 fully saturated rings. The van der Waals surface area contributed by atoms with E-state index in [1.165, 1.54) is 24.2 Å². The molecule has 0 saturated heterocycles. The quantitative estimate of drug-likeness (QED) is 0.758. The van der Waals surface area contributed by atoms with E-state index in [9.17, 15) is 4.79 Å². The molecular weight excluding hydrogens is 322 g/mol. The number of carbonyl (C=O) groups is 1. The normalized spacial score (nSPS) is 13.9. The lowest BCUT2D eigenvalue weighted by Crippen LogP contribution is -2.15. The first-order valence-electron chi connectivity index (χ1n) is 7.96. The predicted octanol–water partition coefficient (Wildman–Crippen LogP) is 4.17. The molecule has 6 heteroatoms. The number of aromatic nitrogens is 2. The van der Waals surface area contributed by atoms with Crippen molar-refractivity contribution in [1.82, 2.24) is 9.97 Å². The number of oxazole rings is 1. The van der Waals surface area contributed by atoms with Crippen molar-refractivity contribution in [1.29, 1.82) is 0 Å². The lowest BCUT2D eigenvalue weighted by atomic mass is 10.2. The average Bonchev–Trinajstić information content (AvgIpc) is 3.23. The second-order valence-corrected chi connectivity index (χ2v) is 6.82. The molecule has 24 heavy (non-hydrogen) atoms. The molecule has 0 bridgehead atoms. The molecule has 2 heterocycles. The average molecular weight is 339 g/mol. The highest BCUT2D eigenvalue weighted by Crippen LogP contribution is 2.40. The largest absolute Gasteiger partial charge is 0.441 e. The summed E-state index contributed by atoms with van der Waals surface area (Å²) in [6.07, 6.45) is 2.59. The van der Waals surface area contributed by atoms with Crippen molar-refractivity contribution in [3.63, 3.8) is 0 Å². The van der Waals surface area contributed by atoms with Crippen molar-refractivity contribution >= 4 is 22.4 Å². The molecule has 1 aliphatic carbocycles. The van der Waals surface area contributed by atoms with Crippen molar-refractivity contribution < 1.29 is 9.21 Å². The van der Waals surface area contributed by atoms with Crippen LogP contribution in [0.1, 0.15) is 35.9 Å². The highest BCUT2D eigenvalue weighted by atomic mass is 32.1.